The quantitative estimate of drug-likeness (QED) is 0.279. The normalized spacial score (nSPS) is 11.1. The van der Waals surface area contributed by atoms with Gasteiger partial charge in [0.05, 0.1) is 13.4 Å². The van der Waals surface area contributed by atoms with Gasteiger partial charge in [-0.2, -0.15) is 9.97 Å². The summed E-state index contributed by atoms with van der Waals surface area (Å²) in [5.74, 6) is 3.02. The number of hydrogen-bond donors (Lipinski definition) is 2. The molecule has 0 radical (unpaired) electrons. The zero-order valence-corrected chi connectivity index (χ0v) is 19.6. The first-order valence-electron chi connectivity index (χ1n) is 11.7. The number of rotatable bonds is 10. The van der Waals surface area contributed by atoms with Crippen LogP contribution in [0, 0.1) is 0 Å². The van der Waals surface area contributed by atoms with Gasteiger partial charge in [-0.05, 0) is 54.7 Å². The zero-order chi connectivity index (χ0) is 24.0. The van der Waals surface area contributed by atoms with Crippen LogP contribution in [-0.4, -0.2) is 33.2 Å². The summed E-state index contributed by atoms with van der Waals surface area (Å²) in [6.07, 6.45) is 4.36. The van der Waals surface area contributed by atoms with Crippen molar-refractivity contribution in [1.82, 2.24) is 19.5 Å². The Morgan fingerprint density at radius 1 is 0.914 bits per heavy atom. The molecule has 0 saturated carbocycles. The van der Waals surface area contributed by atoms with E-state index in [1.54, 1.807) is 13.4 Å². The number of ether oxygens (including phenoxy) is 1. The molecule has 8 nitrogen and oxygen atoms in total. The highest BCUT2D eigenvalue weighted by Crippen LogP contribution is 2.28. The third kappa shape index (κ3) is 5.11. The SMILES string of the molecule is COc1ccc(CCn2c(-c3ccco3)nc3c(N)nc(NCCCc4ccccc4)nc32)cc1. The first-order chi connectivity index (χ1) is 17.2. The maximum absolute atomic E-state index is 6.32. The molecule has 0 bridgehead atoms. The fourth-order valence-electron chi connectivity index (χ4n) is 4.08. The molecule has 0 aliphatic rings. The Morgan fingerprint density at radius 2 is 1.71 bits per heavy atom. The molecule has 0 unspecified atom stereocenters. The summed E-state index contributed by atoms with van der Waals surface area (Å²) in [7, 11) is 1.67. The highest BCUT2D eigenvalue weighted by molar-refractivity contribution is 5.86. The molecule has 3 heterocycles. The lowest BCUT2D eigenvalue weighted by Gasteiger charge is -2.10. The minimum atomic E-state index is 0.344. The van der Waals surface area contributed by atoms with E-state index in [2.05, 4.69) is 46.7 Å². The number of nitrogens with two attached hydrogens (primary N) is 1. The summed E-state index contributed by atoms with van der Waals surface area (Å²) in [4.78, 5) is 14.0. The molecular weight excluding hydrogens is 440 g/mol. The van der Waals surface area contributed by atoms with Crippen molar-refractivity contribution in [3.63, 3.8) is 0 Å². The second kappa shape index (κ2) is 10.3. The van der Waals surface area contributed by atoms with Gasteiger partial charge in [0.15, 0.2) is 28.6 Å². The Bertz CT molecular complexity index is 1380. The summed E-state index contributed by atoms with van der Waals surface area (Å²) in [5.41, 5.74) is 10.1. The van der Waals surface area contributed by atoms with Gasteiger partial charge in [-0.15, -0.1) is 0 Å². The van der Waals surface area contributed by atoms with Crippen molar-refractivity contribution in [1.29, 1.82) is 0 Å². The van der Waals surface area contributed by atoms with E-state index in [1.807, 2.05) is 34.9 Å². The van der Waals surface area contributed by atoms with E-state index in [1.165, 1.54) is 11.1 Å². The number of aromatic nitrogens is 4. The molecule has 5 rings (SSSR count). The largest absolute Gasteiger partial charge is 0.497 e. The Hall–Kier alpha value is -4.33. The molecule has 3 aromatic heterocycles. The third-order valence-electron chi connectivity index (χ3n) is 5.91. The van der Waals surface area contributed by atoms with Gasteiger partial charge < -0.3 is 24.8 Å². The van der Waals surface area contributed by atoms with Crippen LogP contribution in [0.3, 0.4) is 0 Å². The number of anilines is 2. The molecule has 0 spiro atoms. The van der Waals surface area contributed by atoms with Crippen molar-refractivity contribution < 1.29 is 9.15 Å². The molecule has 8 heteroatoms. The van der Waals surface area contributed by atoms with Gasteiger partial charge in [0.1, 0.15) is 5.75 Å². The first-order valence-corrected chi connectivity index (χ1v) is 11.7. The smallest absolute Gasteiger partial charge is 0.226 e. The van der Waals surface area contributed by atoms with Gasteiger partial charge in [-0.3, -0.25) is 0 Å². The van der Waals surface area contributed by atoms with Crippen molar-refractivity contribution in [3.05, 3.63) is 84.1 Å². The van der Waals surface area contributed by atoms with Crippen LogP contribution in [0.15, 0.2) is 77.4 Å². The fraction of sp³-hybridized carbons (Fsp3) is 0.222. The van der Waals surface area contributed by atoms with Crippen LogP contribution in [0.25, 0.3) is 22.7 Å². The van der Waals surface area contributed by atoms with Crippen molar-refractivity contribution in [2.24, 2.45) is 0 Å². The van der Waals surface area contributed by atoms with Crippen molar-refractivity contribution in [2.45, 2.75) is 25.8 Å². The molecule has 178 valence electrons. The molecule has 0 atom stereocenters. The molecule has 0 aliphatic carbocycles. The summed E-state index contributed by atoms with van der Waals surface area (Å²) in [6.45, 7) is 1.40. The van der Waals surface area contributed by atoms with E-state index in [0.29, 0.717) is 41.1 Å². The minimum absolute atomic E-state index is 0.344. The van der Waals surface area contributed by atoms with Crippen LogP contribution in [-0.2, 0) is 19.4 Å². The molecular formula is C27H28N6O2. The first kappa shape index (κ1) is 22.5. The lowest BCUT2D eigenvalue weighted by Crippen LogP contribution is -2.10. The topological polar surface area (TPSA) is 104 Å². The summed E-state index contributed by atoms with van der Waals surface area (Å²) in [6, 6.07) is 22.2. The molecule has 35 heavy (non-hydrogen) atoms. The molecule has 3 N–H and O–H groups in total. The maximum Gasteiger partial charge on any atom is 0.226 e. The average Bonchev–Trinajstić information content (AvgIpc) is 3.55. The standard InChI is InChI=1S/C27H28N6O2/c1-34-21-13-11-20(12-14-21)15-17-33-25(22-10-6-18-35-22)30-23-24(28)31-27(32-26(23)33)29-16-5-9-19-7-3-2-4-8-19/h2-4,6-8,10-14,18H,5,9,15-17H2,1H3,(H3,28,29,31,32). The van der Waals surface area contributed by atoms with Gasteiger partial charge in [0.2, 0.25) is 5.95 Å². The van der Waals surface area contributed by atoms with Crippen LogP contribution in [0.4, 0.5) is 11.8 Å². The number of hydrogen-bond acceptors (Lipinski definition) is 7. The van der Waals surface area contributed by atoms with E-state index in [-0.39, 0.29) is 0 Å². The fourth-order valence-corrected chi connectivity index (χ4v) is 4.08. The molecule has 0 saturated heterocycles. The number of furan rings is 1. The summed E-state index contributed by atoms with van der Waals surface area (Å²) >= 11 is 0. The Kier molecular flexibility index (Phi) is 6.61. The Balaban J connectivity index is 1.39. The van der Waals surface area contributed by atoms with E-state index in [4.69, 9.17) is 24.9 Å². The van der Waals surface area contributed by atoms with E-state index in [0.717, 1.165) is 31.6 Å². The van der Waals surface area contributed by atoms with Gasteiger partial charge in [0, 0.05) is 13.1 Å². The molecule has 0 amide bonds. The zero-order valence-electron chi connectivity index (χ0n) is 19.6. The van der Waals surface area contributed by atoms with E-state index < -0.39 is 0 Å². The van der Waals surface area contributed by atoms with Crippen molar-refractivity contribution in [3.8, 4) is 17.3 Å². The highest BCUT2D eigenvalue weighted by atomic mass is 16.5. The maximum atomic E-state index is 6.32. The number of nitrogens with one attached hydrogen (secondary N) is 1. The predicted octanol–water partition coefficient (Wildman–Crippen LogP) is 4.96. The predicted molar refractivity (Wildman–Crippen MR) is 137 cm³/mol. The molecule has 5 aromatic rings. The summed E-state index contributed by atoms with van der Waals surface area (Å²) < 4.78 is 13.0. The van der Waals surface area contributed by atoms with Crippen LogP contribution in [0.1, 0.15) is 17.5 Å². The van der Waals surface area contributed by atoms with Crippen LogP contribution < -0.4 is 15.8 Å². The van der Waals surface area contributed by atoms with Crippen LogP contribution >= 0.6 is 0 Å². The average molecular weight is 469 g/mol. The van der Waals surface area contributed by atoms with Gasteiger partial charge in [-0.25, -0.2) is 4.98 Å². The number of nitrogens with zero attached hydrogens (tertiary/aromatic N) is 4. The number of aryl methyl sites for hydroxylation is 3. The molecule has 0 aliphatic heterocycles. The van der Waals surface area contributed by atoms with Gasteiger partial charge in [0.25, 0.3) is 0 Å². The number of methoxy groups -OCH3 is 1. The number of fused-ring (bicyclic) bond motifs is 1. The van der Waals surface area contributed by atoms with Crippen molar-refractivity contribution in [2.75, 3.05) is 24.7 Å². The number of benzene rings is 2. The lowest BCUT2D eigenvalue weighted by atomic mass is 10.1. The van der Waals surface area contributed by atoms with E-state index >= 15 is 0 Å². The Morgan fingerprint density at radius 3 is 2.46 bits per heavy atom. The second-order valence-corrected chi connectivity index (χ2v) is 8.28. The highest BCUT2D eigenvalue weighted by Gasteiger charge is 2.19. The number of nitrogen functional groups attached to an aromatic ring is 1. The molecule has 0 fully saturated rings. The van der Waals surface area contributed by atoms with Crippen LogP contribution in [0.5, 0.6) is 5.75 Å². The van der Waals surface area contributed by atoms with Crippen LogP contribution in [0.2, 0.25) is 0 Å². The van der Waals surface area contributed by atoms with E-state index in [9.17, 15) is 0 Å². The lowest BCUT2D eigenvalue weighted by molar-refractivity contribution is 0.414. The monoisotopic (exact) mass is 468 g/mol. The van der Waals surface area contributed by atoms with Gasteiger partial charge >= 0.3 is 0 Å². The second-order valence-electron chi connectivity index (χ2n) is 8.28. The third-order valence-corrected chi connectivity index (χ3v) is 5.91. The Labute approximate surface area is 203 Å². The minimum Gasteiger partial charge on any atom is -0.497 e. The van der Waals surface area contributed by atoms with Gasteiger partial charge in [-0.1, -0.05) is 42.5 Å². The number of imidazole rings is 1. The molecule has 2 aromatic carbocycles. The summed E-state index contributed by atoms with van der Waals surface area (Å²) in [5, 5.41) is 3.32. The van der Waals surface area contributed by atoms with Crippen molar-refractivity contribution >= 4 is 22.9 Å².